The van der Waals surface area contributed by atoms with Crippen molar-refractivity contribution in [2.24, 2.45) is 4.99 Å². The Kier molecular flexibility index (Phi) is 6.49. The van der Waals surface area contributed by atoms with E-state index < -0.39 is 0 Å². The summed E-state index contributed by atoms with van der Waals surface area (Å²) in [5, 5.41) is 0.648. The number of ether oxygens (including phenoxy) is 3. The molecule has 0 N–H and O–H groups in total. The van der Waals surface area contributed by atoms with Crippen LogP contribution in [0.15, 0.2) is 46.3 Å². The highest BCUT2D eigenvalue weighted by molar-refractivity contribution is 8.18. The first-order valence-electron chi connectivity index (χ1n) is 9.16. The fourth-order valence-electron chi connectivity index (χ4n) is 3.01. The van der Waals surface area contributed by atoms with E-state index in [0.29, 0.717) is 27.3 Å². The van der Waals surface area contributed by atoms with Crippen LogP contribution in [0.2, 0.25) is 0 Å². The van der Waals surface area contributed by atoms with Gasteiger partial charge in [-0.2, -0.15) is 0 Å². The number of thioether (sulfide) groups is 1. The van der Waals surface area contributed by atoms with Crippen molar-refractivity contribution in [3.63, 3.8) is 0 Å². The number of hydrogen-bond acceptors (Lipinski definition) is 6. The number of amidine groups is 1. The summed E-state index contributed by atoms with van der Waals surface area (Å²) in [6.07, 6.45) is 2.69. The Balaban J connectivity index is 1.97. The molecule has 0 spiro atoms. The number of hydrogen-bond donors (Lipinski definition) is 0. The van der Waals surface area contributed by atoms with E-state index in [1.54, 1.807) is 33.3 Å². The first-order valence-corrected chi connectivity index (χ1v) is 9.98. The maximum absolute atomic E-state index is 12.8. The molecule has 1 aliphatic rings. The van der Waals surface area contributed by atoms with Gasteiger partial charge < -0.3 is 14.2 Å². The first kappa shape index (κ1) is 20.8. The van der Waals surface area contributed by atoms with Gasteiger partial charge >= 0.3 is 0 Å². The van der Waals surface area contributed by atoms with Crippen molar-refractivity contribution in [3.05, 3.63) is 52.4 Å². The van der Waals surface area contributed by atoms with E-state index in [1.165, 1.54) is 11.8 Å². The second-order valence-electron chi connectivity index (χ2n) is 6.31. The number of likely N-dealkylation sites (N-methyl/N-ethyl adjacent to an activating group) is 1. The molecule has 0 saturated carbocycles. The van der Waals surface area contributed by atoms with Gasteiger partial charge in [0.2, 0.25) is 5.75 Å². The van der Waals surface area contributed by atoms with Crippen molar-refractivity contribution in [1.82, 2.24) is 4.90 Å². The van der Waals surface area contributed by atoms with Crippen LogP contribution in [0.25, 0.3) is 6.08 Å². The number of rotatable bonds is 6. The summed E-state index contributed by atoms with van der Waals surface area (Å²) in [7, 11) is 6.42. The summed E-state index contributed by atoms with van der Waals surface area (Å²) in [6.45, 7) is 2.09. The predicted molar refractivity (Wildman–Crippen MR) is 117 cm³/mol. The average molecular weight is 413 g/mol. The zero-order chi connectivity index (χ0) is 21.0. The highest BCUT2D eigenvalue weighted by atomic mass is 32.2. The largest absolute Gasteiger partial charge is 0.493 e. The standard InChI is InChI=1S/C22H24N2O4S/c1-6-15-9-7-8-10-16(15)23-22-24(2)21(25)19(29-22)13-14-11-17(26-3)20(28-5)18(12-14)27-4/h7-13H,6H2,1-5H3/b19-13-,23-22?. The summed E-state index contributed by atoms with van der Waals surface area (Å²) in [4.78, 5) is 19.6. The van der Waals surface area contributed by atoms with E-state index in [9.17, 15) is 4.79 Å². The molecule has 6 nitrogen and oxygen atoms in total. The predicted octanol–water partition coefficient (Wildman–Crippen LogP) is 4.51. The van der Waals surface area contributed by atoms with Crippen LogP contribution in [0.3, 0.4) is 0 Å². The van der Waals surface area contributed by atoms with Crippen LogP contribution in [-0.2, 0) is 11.2 Å². The lowest BCUT2D eigenvalue weighted by atomic mass is 10.1. The fourth-order valence-corrected chi connectivity index (χ4v) is 3.99. The third-order valence-corrected chi connectivity index (χ3v) is 5.64. The van der Waals surface area contributed by atoms with Gasteiger partial charge in [-0.05, 0) is 53.6 Å². The highest BCUT2D eigenvalue weighted by Crippen LogP contribution is 2.40. The Bertz CT molecular complexity index is 960. The van der Waals surface area contributed by atoms with Crippen molar-refractivity contribution in [2.75, 3.05) is 28.4 Å². The van der Waals surface area contributed by atoms with Crippen molar-refractivity contribution in [3.8, 4) is 17.2 Å². The molecule has 0 radical (unpaired) electrons. The molecule has 0 atom stereocenters. The molecular weight excluding hydrogens is 388 g/mol. The molecule has 1 aliphatic heterocycles. The van der Waals surface area contributed by atoms with Crippen LogP contribution in [0.4, 0.5) is 5.69 Å². The Morgan fingerprint density at radius 1 is 1.07 bits per heavy atom. The lowest BCUT2D eigenvalue weighted by molar-refractivity contribution is -0.121. The number of nitrogens with zero attached hydrogens (tertiary/aromatic N) is 2. The van der Waals surface area contributed by atoms with Crippen LogP contribution in [0.1, 0.15) is 18.1 Å². The van der Waals surface area contributed by atoms with Gasteiger partial charge in [0.25, 0.3) is 5.91 Å². The minimum absolute atomic E-state index is 0.100. The fraction of sp³-hybridized carbons (Fsp3) is 0.273. The molecule has 2 aromatic carbocycles. The SMILES string of the molecule is CCc1ccccc1N=C1S/C(=C\c2cc(OC)c(OC)c(OC)c2)C(=O)N1C. The second-order valence-corrected chi connectivity index (χ2v) is 7.32. The molecular formula is C22H24N2O4S. The maximum Gasteiger partial charge on any atom is 0.266 e. The minimum Gasteiger partial charge on any atom is -0.493 e. The Morgan fingerprint density at radius 3 is 2.31 bits per heavy atom. The Morgan fingerprint density at radius 2 is 1.72 bits per heavy atom. The molecule has 152 valence electrons. The number of methoxy groups -OCH3 is 3. The van der Waals surface area contributed by atoms with Crippen LogP contribution in [0.5, 0.6) is 17.2 Å². The molecule has 7 heteroatoms. The van der Waals surface area contributed by atoms with Crippen molar-refractivity contribution in [1.29, 1.82) is 0 Å². The number of aliphatic imine (C=N–C) groups is 1. The van der Waals surface area contributed by atoms with E-state index in [1.807, 2.05) is 42.5 Å². The Hall–Kier alpha value is -2.93. The molecule has 0 aromatic heterocycles. The van der Waals surface area contributed by atoms with Gasteiger partial charge in [-0.25, -0.2) is 4.99 Å². The molecule has 1 heterocycles. The number of benzene rings is 2. The van der Waals surface area contributed by atoms with Crippen molar-refractivity contribution >= 4 is 34.6 Å². The molecule has 2 aromatic rings. The third kappa shape index (κ3) is 4.24. The van der Waals surface area contributed by atoms with Gasteiger partial charge in [-0.1, -0.05) is 25.1 Å². The number of carbonyl (C=O) groups excluding carboxylic acids is 1. The summed E-state index contributed by atoms with van der Waals surface area (Å²) >= 11 is 1.35. The van der Waals surface area contributed by atoms with Crippen LogP contribution in [0, 0.1) is 0 Å². The molecule has 1 saturated heterocycles. The van der Waals surface area contributed by atoms with E-state index in [4.69, 9.17) is 19.2 Å². The van der Waals surface area contributed by atoms with Gasteiger partial charge in [0.05, 0.1) is 31.9 Å². The molecule has 0 unspecified atom stereocenters. The van der Waals surface area contributed by atoms with E-state index >= 15 is 0 Å². The van der Waals surface area contributed by atoms with Gasteiger partial charge in [0.1, 0.15) is 0 Å². The lowest BCUT2D eigenvalue weighted by Gasteiger charge is -2.13. The lowest BCUT2D eigenvalue weighted by Crippen LogP contribution is -2.23. The Labute approximate surface area is 175 Å². The molecule has 0 aliphatic carbocycles. The zero-order valence-electron chi connectivity index (χ0n) is 17.2. The summed E-state index contributed by atoms with van der Waals surface area (Å²) < 4.78 is 16.2. The number of aryl methyl sites for hydroxylation is 1. The number of amides is 1. The second kappa shape index (κ2) is 9.05. The minimum atomic E-state index is -0.100. The van der Waals surface area contributed by atoms with Crippen molar-refractivity contribution in [2.45, 2.75) is 13.3 Å². The maximum atomic E-state index is 12.8. The smallest absolute Gasteiger partial charge is 0.266 e. The normalized spacial score (nSPS) is 16.6. The quantitative estimate of drug-likeness (QED) is 0.654. The van der Waals surface area contributed by atoms with Gasteiger partial charge in [-0.3, -0.25) is 9.69 Å². The van der Waals surface area contributed by atoms with Crippen LogP contribution >= 0.6 is 11.8 Å². The first-order chi connectivity index (χ1) is 14.0. The van der Waals surface area contributed by atoms with Gasteiger partial charge in [-0.15, -0.1) is 0 Å². The molecule has 0 bridgehead atoms. The van der Waals surface area contributed by atoms with E-state index in [2.05, 4.69) is 6.92 Å². The molecule has 3 rings (SSSR count). The summed E-state index contributed by atoms with van der Waals surface area (Å²) in [5.74, 6) is 1.48. The van der Waals surface area contributed by atoms with E-state index in [0.717, 1.165) is 23.2 Å². The number of para-hydroxylation sites is 1. The molecule has 29 heavy (non-hydrogen) atoms. The molecule has 1 fully saturated rings. The molecule has 1 amide bonds. The van der Waals surface area contributed by atoms with Crippen LogP contribution < -0.4 is 14.2 Å². The van der Waals surface area contributed by atoms with Crippen molar-refractivity contribution < 1.29 is 19.0 Å². The average Bonchev–Trinajstić information content (AvgIpc) is 3.01. The van der Waals surface area contributed by atoms with Gasteiger partial charge in [0.15, 0.2) is 16.7 Å². The zero-order valence-corrected chi connectivity index (χ0v) is 18.0. The summed E-state index contributed by atoms with van der Waals surface area (Å²) in [5.41, 5.74) is 2.80. The number of carbonyl (C=O) groups is 1. The summed E-state index contributed by atoms with van der Waals surface area (Å²) in [6, 6.07) is 11.6. The van der Waals surface area contributed by atoms with E-state index in [-0.39, 0.29) is 5.91 Å². The highest BCUT2D eigenvalue weighted by Gasteiger charge is 2.30. The third-order valence-electron chi connectivity index (χ3n) is 4.58. The van der Waals surface area contributed by atoms with Crippen LogP contribution in [-0.4, -0.2) is 44.4 Å². The topological polar surface area (TPSA) is 60.4 Å². The van der Waals surface area contributed by atoms with Gasteiger partial charge in [0, 0.05) is 7.05 Å². The monoisotopic (exact) mass is 412 g/mol.